The monoisotopic (exact) mass is 147 g/mol. The van der Waals surface area contributed by atoms with E-state index in [1.54, 1.807) is 0 Å². The zero-order valence-electron chi connectivity index (χ0n) is 6.88. The lowest BCUT2D eigenvalue weighted by Crippen LogP contribution is -1.88. The van der Waals surface area contributed by atoms with Gasteiger partial charge in [-0.05, 0) is 37.5 Å². The fraction of sp³-hybridized carbons (Fsp3) is 0.300. The van der Waals surface area contributed by atoms with E-state index in [2.05, 4.69) is 24.6 Å². The van der Waals surface area contributed by atoms with Crippen molar-refractivity contribution in [2.24, 2.45) is 0 Å². The zero-order valence-corrected chi connectivity index (χ0v) is 6.88. The SMILES string of the molecule is C=CCCc1cc(C)ccn1. The molecule has 1 rings (SSSR count). The minimum Gasteiger partial charge on any atom is -0.261 e. The molecule has 0 aliphatic carbocycles. The van der Waals surface area contributed by atoms with Crippen LogP contribution in [0, 0.1) is 6.92 Å². The molecule has 0 radical (unpaired) electrons. The molecule has 0 fully saturated rings. The number of hydrogen-bond donors (Lipinski definition) is 0. The van der Waals surface area contributed by atoms with Crippen molar-refractivity contribution in [1.29, 1.82) is 0 Å². The number of aromatic nitrogens is 1. The fourth-order valence-corrected chi connectivity index (χ4v) is 0.985. The molecule has 1 aromatic rings. The molecule has 0 unspecified atom stereocenters. The van der Waals surface area contributed by atoms with Gasteiger partial charge in [0.2, 0.25) is 0 Å². The van der Waals surface area contributed by atoms with Crippen molar-refractivity contribution in [1.82, 2.24) is 4.98 Å². The van der Waals surface area contributed by atoms with Crippen molar-refractivity contribution in [2.75, 3.05) is 0 Å². The van der Waals surface area contributed by atoms with Gasteiger partial charge >= 0.3 is 0 Å². The van der Waals surface area contributed by atoms with E-state index in [1.165, 1.54) is 5.56 Å². The maximum absolute atomic E-state index is 4.23. The first-order chi connectivity index (χ1) is 5.33. The molecule has 0 N–H and O–H groups in total. The van der Waals surface area contributed by atoms with Gasteiger partial charge in [0.1, 0.15) is 0 Å². The Labute approximate surface area is 67.8 Å². The lowest BCUT2D eigenvalue weighted by atomic mass is 10.2. The van der Waals surface area contributed by atoms with Crippen LogP contribution in [0.2, 0.25) is 0 Å². The van der Waals surface area contributed by atoms with Crippen molar-refractivity contribution in [3.63, 3.8) is 0 Å². The van der Waals surface area contributed by atoms with Gasteiger partial charge in [-0.1, -0.05) is 6.08 Å². The van der Waals surface area contributed by atoms with Crippen molar-refractivity contribution >= 4 is 0 Å². The second-order valence-electron chi connectivity index (χ2n) is 2.65. The zero-order chi connectivity index (χ0) is 8.10. The number of rotatable bonds is 3. The molecule has 0 aliphatic rings. The molecular formula is C10H13N. The van der Waals surface area contributed by atoms with Crippen LogP contribution in [0.25, 0.3) is 0 Å². The second-order valence-corrected chi connectivity index (χ2v) is 2.65. The first-order valence-corrected chi connectivity index (χ1v) is 3.85. The van der Waals surface area contributed by atoms with Crippen LogP contribution in [0.15, 0.2) is 31.0 Å². The van der Waals surface area contributed by atoms with Gasteiger partial charge in [-0.2, -0.15) is 0 Å². The molecule has 1 heterocycles. The Kier molecular flexibility index (Phi) is 2.84. The average Bonchev–Trinajstić information content (AvgIpc) is 2.01. The molecule has 0 atom stereocenters. The molecule has 0 saturated heterocycles. The third-order valence-corrected chi connectivity index (χ3v) is 1.58. The van der Waals surface area contributed by atoms with E-state index in [4.69, 9.17) is 0 Å². The maximum atomic E-state index is 4.23. The van der Waals surface area contributed by atoms with Gasteiger partial charge in [0.05, 0.1) is 0 Å². The van der Waals surface area contributed by atoms with Gasteiger partial charge in [0, 0.05) is 11.9 Å². The van der Waals surface area contributed by atoms with Crippen molar-refractivity contribution in [3.05, 3.63) is 42.2 Å². The Morgan fingerprint density at radius 1 is 1.64 bits per heavy atom. The molecule has 11 heavy (non-hydrogen) atoms. The van der Waals surface area contributed by atoms with Gasteiger partial charge in [0.15, 0.2) is 0 Å². The Bertz CT molecular complexity index is 240. The number of nitrogens with zero attached hydrogens (tertiary/aromatic N) is 1. The van der Waals surface area contributed by atoms with Gasteiger partial charge in [-0.25, -0.2) is 0 Å². The summed E-state index contributed by atoms with van der Waals surface area (Å²) in [7, 11) is 0. The highest BCUT2D eigenvalue weighted by Crippen LogP contribution is 2.02. The van der Waals surface area contributed by atoms with E-state index in [0.29, 0.717) is 0 Å². The third kappa shape index (κ3) is 2.54. The van der Waals surface area contributed by atoms with Gasteiger partial charge < -0.3 is 0 Å². The number of hydrogen-bond acceptors (Lipinski definition) is 1. The van der Waals surface area contributed by atoms with E-state index in [9.17, 15) is 0 Å². The molecule has 58 valence electrons. The second kappa shape index (κ2) is 3.91. The number of pyridine rings is 1. The summed E-state index contributed by atoms with van der Waals surface area (Å²) in [4.78, 5) is 4.23. The van der Waals surface area contributed by atoms with Crippen LogP contribution in [0.1, 0.15) is 17.7 Å². The molecule has 0 aliphatic heterocycles. The largest absolute Gasteiger partial charge is 0.261 e. The number of allylic oxidation sites excluding steroid dienone is 1. The van der Waals surface area contributed by atoms with Crippen LogP contribution >= 0.6 is 0 Å². The molecule has 0 spiro atoms. The van der Waals surface area contributed by atoms with Crippen LogP contribution in [-0.2, 0) is 6.42 Å². The first-order valence-electron chi connectivity index (χ1n) is 3.85. The Morgan fingerprint density at radius 2 is 2.45 bits per heavy atom. The summed E-state index contributed by atoms with van der Waals surface area (Å²) in [5, 5.41) is 0. The molecule has 0 bridgehead atoms. The Hall–Kier alpha value is -1.11. The van der Waals surface area contributed by atoms with Crippen LogP contribution in [0.5, 0.6) is 0 Å². The van der Waals surface area contributed by atoms with Crippen LogP contribution in [0.4, 0.5) is 0 Å². The summed E-state index contributed by atoms with van der Waals surface area (Å²) in [5.41, 5.74) is 2.43. The van der Waals surface area contributed by atoms with E-state index in [-0.39, 0.29) is 0 Å². The molecule has 1 aromatic heterocycles. The van der Waals surface area contributed by atoms with E-state index in [1.807, 2.05) is 18.3 Å². The number of aryl methyl sites for hydroxylation is 2. The Morgan fingerprint density at radius 3 is 3.09 bits per heavy atom. The quantitative estimate of drug-likeness (QED) is 0.598. The van der Waals surface area contributed by atoms with E-state index >= 15 is 0 Å². The predicted octanol–water partition coefficient (Wildman–Crippen LogP) is 2.51. The highest BCUT2D eigenvalue weighted by atomic mass is 14.7. The lowest BCUT2D eigenvalue weighted by Gasteiger charge is -1.97. The summed E-state index contributed by atoms with van der Waals surface area (Å²) in [6.07, 6.45) is 5.79. The summed E-state index contributed by atoms with van der Waals surface area (Å²) in [6, 6.07) is 4.13. The fourth-order valence-electron chi connectivity index (χ4n) is 0.985. The molecule has 0 saturated carbocycles. The van der Waals surface area contributed by atoms with Crippen LogP contribution < -0.4 is 0 Å². The highest BCUT2D eigenvalue weighted by Gasteiger charge is 1.91. The highest BCUT2D eigenvalue weighted by molar-refractivity contribution is 5.14. The summed E-state index contributed by atoms with van der Waals surface area (Å²) in [5.74, 6) is 0. The van der Waals surface area contributed by atoms with Crippen molar-refractivity contribution in [3.8, 4) is 0 Å². The summed E-state index contributed by atoms with van der Waals surface area (Å²) < 4.78 is 0. The summed E-state index contributed by atoms with van der Waals surface area (Å²) >= 11 is 0. The lowest BCUT2D eigenvalue weighted by molar-refractivity contribution is 0.941. The molecular weight excluding hydrogens is 134 g/mol. The average molecular weight is 147 g/mol. The minimum atomic E-state index is 1.01. The molecule has 0 aromatic carbocycles. The van der Waals surface area contributed by atoms with Gasteiger partial charge in [0.25, 0.3) is 0 Å². The van der Waals surface area contributed by atoms with E-state index in [0.717, 1.165) is 18.5 Å². The van der Waals surface area contributed by atoms with Gasteiger partial charge in [-0.3, -0.25) is 4.98 Å². The Balaban J connectivity index is 2.63. The maximum Gasteiger partial charge on any atom is 0.0409 e. The topological polar surface area (TPSA) is 12.9 Å². The smallest absolute Gasteiger partial charge is 0.0409 e. The summed E-state index contributed by atoms with van der Waals surface area (Å²) in [6.45, 7) is 5.75. The normalized spacial score (nSPS) is 9.55. The van der Waals surface area contributed by atoms with Crippen LogP contribution in [0.3, 0.4) is 0 Å². The standard InChI is InChI=1S/C10H13N/c1-3-4-5-10-8-9(2)6-7-11-10/h3,6-8H,1,4-5H2,2H3. The molecule has 1 nitrogen and oxygen atoms in total. The predicted molar refractivity (Wildman–Crippen MR) is 47.5 cm³/mol. The van der Waals surface area contributed by atoms with Crippen molar-refractivity contribution in [2.45, 2.75) is 19.8 Å². The van der Waals surface area contributed by atoms with E-state index < -0.39 is 0 Å². The molecule has 0 amide bonds. The minimum absolute atomic E-state index is 1.01. The molecule has 1 heteroatoms. The van der Waals surface area contributed by atoms with Gasteiger partial charge in [-0.15, -0.1) is 6.58 Å². The third-order valence-electron chi connectivity index (χ3n) is 1.58. The van der Waals surface area contributed by atoms with Crippen LogP contribution in [-0.4, -0.2) is 4.98 Å². The van der Waals surface area contributed by atoms with Crippen molar-refractivity contribution < 1.29 is 0 Å². The first kappa shape index (κ1) is 7.99.